The molecule has 0 aliphatic carbocycles. The molecule has 0 aliphatic heterocycles. The van der Waals surface area contributed by atoms with E-state index < -0.39 is 0 Å². The first kappa shape index (κ1) is 16.4. The summed E-state index contributed by atoms with van der Waals surface area (Å²) in [6.07, 6.45) is 5.17. The van der Waals surface area contributed by atoms with Gasteiger partial charge in [-0.2, -0.15) is 0 Å². The van der Waals surface area contributed by atoms with E-state index >= 15 is 0 Å². The number of halogens is 3. The lowest BCUT2D eigenvalue weighted by atomic mass is 9.99. The lowest BCUT2D eigenvalue weighted by Gasteiger charge is -2.20. The van der Waals surface area contributed by atoms with Crippen molar-refractivity contribution in [3.8, 4) is 0 Å². The Morgan fingerprint density at radius 3 is 2.86 bits per heavy atom. The molecule has 1 N–H and O–H groups in total. The summed E-state index contributed by atoms with van der Waals surface area (Å²) in [6.45, 7) is 2.90. The molecule has 0 bridgehead atoms. The van der Waals surface area contributed by atoms with Crippen LogP contribution in [0.5, 0.6) is 0 Å². The minimum absolute atomic E-state index is 0.125. The smallest absolute Gasteiger partial charge is 0.128 e. The van der Waals surface area contributed by atoms with Crippen molar-refractivity contribution in [2.24, 2.45) is 0 Å². The minimum atomic E-state index is -0.240. The van der Waals surface area contributed by atoms with E-state index in [4.69, 9.17) is 11.6 Å². The van der Waals surface area contributed by atoms with Gasteiger partial charge >= 0.3 is 0 Å². The lowest BCUT2D eigenvalue weighted by molar-refractivity contribution is 0.496. The lowest BCUT2D eigenvalue weighted by Crippen LogP contribution is -2.25. The molecule has 1 aromatic heterocycles. The Balaban J connectivity index is 2.27. The first-order chi connectivity index (χ1) is 10.1. The third kappa shape index (κ3) is 4.77. The molecule has 0 saturated carbocycles. The standard InChI is InChI=1S/C16H17BrClFN2/c1-2-5-21-16(7-11-6-12(17)10-20-9-11)14-8-13(18)3-4-15(14)19/h3-4,6,8-10,16,21H,2,5,7H2,1H3. The van der Waals surface area contributed by atoms with Gasteiger partial charge in [-0.3, -0.25) is 4.98 Å². The summed E-state index contributed by atoms with van der Waals surface area (Å²) in [5, 5.41) is 3.92. The molecule has 0 aliphatic rings. The van der Waals surface area contributed by atoms with Crippen LogP contribution in [0.2, 0.25) is 5.02 Å². The van der Waals surface area contributed by atoms with E-state index in [-0.39, 0.29) is 11.9 Å². The Kier molecular flexibility index (Phi) is 6.15. The summed E-state index contributed by atoms with van der Waals surface area (Å²) in [5.74, 6) is -0.240. The number of hydrogen-bond donors (Lipinski definition) is 1. The molecule has 2 aromatic rings. The number of hydrogen-bond acceptors (Lipinski definition) is 2. The van der Waals surface area contributed by atoms with Crippen LogP contribution in [-0.4, -0.2) is 11.5 Å². The average Bonchev–Trinajstić information content (AvgIpc) is 2.46. The molecule has 1 unspecified atom stereocenters. The van der Waals surface area contributed by atoms with Crippen LogP contribution in [0, 0.1) is 5.82 Å². The van der Waals surface area contributed by atoms with Crippen molar-refractivity contribution in [3.63, 3.8) is 0 Å². The van der Waals surface area contributed by atoms with Crippen LogP contribution in [-0.2, 0) is 6.42 Å². The summed E-state index contributed by atoms with van der Waals surface area (Å²) >= 11 is 9.42. The van der Waals surface area contributed by atoms with Crippen LogP contribution in [0.15, 0.2) is 41.1 Å². The summed E-state index contributed by atoms with van der Waals surface area (Å²) < 4.78 is 15.0. The molecule has 0 spiro atoms. The first-order valence-corrected chi connectivity index (χ1v) is 8.05. The maximum Gasteiger partial charge on any atom is 0.128 e. The molecule has 0 saturated heterocycles. The third-order valence-corrected chi connectivity index (χ3v) is 3.84. The van der Waals surface area contributed by atoms with E-state index in [0.29, 0.717) is 17.0 Å². The quantitative estimate of drug-likeness (QED) is 0.779. The van der Waals surface area contributed by atoms with Crippen LogP contribution in [0.4, 0.5) is 4.39 Å². The maximum absolute atomic E-state index is 14.1. The van der Waals surface area contributed by atoms with Gasteiger partial charge in [0.1, 0.15) is 5.82 Å². The van der Waals surface area contributed by atoms with Gasteiger partial charge in [-0.05, 0) is 65.1 Å². The second-order valence-corrected chi connectivity index (χ2v) is 6.24. The summed E-state index contributed by atoms with van der Waals surface area (Å²) in [4.78, 5) is 4.16. The molecule has 5 heteroatoms. The highest BCUT2D eigenvalue weighted by atomic mass is 79.9. The van der Waals surface area contributed by atoms with Gasteiger partial charge in [0, 0.05) is 33.5 Å². The molecule has 1 aromatic carbocycles. The zero-order chi connectivity index (χ0) is 15.2. The summed E-state index contributed by atoms with van der Waals surface area (Å²) in [5.41, 5.74) is 1.63. The monoisotopic (exact) mass is 370 g/mol. The molecular weight excluding hydrogens is 355 g/mol. The number of aromatic nitrogens is 1. The number of nitrogens with one attached hydrogen (secondary N) is 1. The van der Waals surface area contributed by atoms with Gasteiger partial charge < -0.3 is 5.32 Å². The largest absolute Gasteiger partial charge is 0.310 e. The fraction of sp³-hybridized carbons (Fsp3) is 0.312. The van der Waals surface area contributed by atoms with E-state index in [1.54, 1.807) is 24.5 Å². The van der Waals surface area contributed by atoms with Crippen molar-refractivity contribution >= 4 is 27.5 Å². The summed E-state index contributed by atoms with van der Waals surface area (Å²) in [7, 11) is 0. The zero-order valence-corrected chi connectivity index (χ0v) is 14.1. The van der Waals surface area contributed by atoms with Crippen molar-refractivity contribution in [2.75, 3.05) is 6.54 Å². The van der Waals surface area contributed by atoms with E-state index in [9.17, 15) is 4.39 Å². The van der Waals surface area contributed by atoms with Crippen molar-refractivity contribution in [3.05, 3.63) is 63.1 Å². The van der Waals surface area contributed by atoms with Gasteiger partial charge in [0.15, 0.2) is 0 Å². The Bertz CT molecular complexity index is 607. The topological polar surface area (TPSA) is 24.9 Å². The van der Waals surface area contributed by atoms with Crippen molar-refractivity contribution in [1.29, 1.82) is 0 Å². The zero-order valence-electron chi connectivity index (χ0n) is 11.7. The van der Waals surface area contributed by atoms with E-state index in [2.05, 4.69) is 33.2 Å². The maximum atomic E-state index is 14.1. The van der Waals surface area contributed by atoms with E-state index in [0.717, 1.165) is 23.0 Å². The summed E-state index contributed by atoms with van der Waals surface area (Å²) in [6, 6.07) is 6.54. The molecule has 0 radical (unpaired) electrons. The second kappa shape index (κ2) is 7.87. The molecule has 1 heterocycles. The molecule has 2 rings (SSSR count). The van der Waals surface area contributed by atoms with Crippen molar-refractivity contribution in [1.82, 2.24) is 10.3 Å². The highest BCUT2D eigenvalue weighted by Gasteiger charge is 2.16. The van der Waals surface area contributed by atoms with Crippen molar-refractivity contribution in [2.45, 2.75) is 25.8 Å². The normalized spacial score (nSPS) is 12.4. The molecule has 112 valence electrons. The SMILES string of the molecule is CCCNC(Cc1cncc(Br)c1)c1cc(Cl)ccc1F. The van der Waals surface area contributed by atoms with Gasteiger partial charge in [0.05, 0.1) is 0 Å². The first-order valence-electron chi connectivity index (χ1n) is 6.88. The highest BCUT2D eigenvalue weighted by molar-refractivity contribution is 9.10. The Morgan fingerprint density at radius 2 is 2.14 bits per heavy atom. The molecule has 0 fully saturated rings. The molecular formula is C16H17BrClFN2. The molecule has 1 atom stereocenters. The predicted molar refractivity (Wildman–Crippen MR) is 88.1 cm³/mol. The van der Waals surface area contributed by atoms with Crippen LogP contribution < -0.4 is 5.32 Å². The number of rotatable bonds is 6. The number of benzene rings is 1. The average molecular weight is 372 g/mol. The van der Waals surface area contributed by atoms with Crippen LogP contribution in [0.25, 0.3) is 0 Å². The van der Waals surface area contributed by atoms with Crippen LogP contribution >= 0.6 is 27.5 Å². The Morgan fingerprint density at radius 1 is 1.33 bits per heavy atom. The second-order valence-electron chi connectivity index (χ2n) is 4.89. The Hall–Kier alpha value is -0.970. The number of pyridine rings is 1. The number of nitrogens with zero attached hydrogens (tertiary/aromatic N) is 1. The third-order valence-electron chi connectivity index (χ3n) is 3.18. The van der Waals surface area contributed by atoms with E-state index in [1.165, 1.54) is 6.07 Å². The van der Waals surface area contributed by atoms with Gasteiger partial charge in [0.2, 0.25) is 0 Å². The van der Waals surface area contributed by atoms with Gasteiger partial charge in [-0.25, -0.2) is 4.39 Å². The van der Waals surface area contributed by atoms with Gasteiger partial charge in [0.25, 0.3) is 0 Å². The minimum Gasteiger partial charge on any atom is -0.310 e. The van der Waals surface area contributed by atoms with Crippen molar-refractivity contribution < 1.29 is 4.39 Å². The fourth-order valence-electron chi connectivity index (χ4n) is 2.20. The Labute approximate surface area is 137 Å². The molecule has 2 nitrogen and oxygen atoms in total. The molecule has 0 amide bonds. The van der Waals surface area contributed by atoms with Crippen LogP contribution in [0.1, 0.15) is 30.5 Å². The molecule has 21 heavy (non-hydrogen) atoms. The van der Waals surface area contributed by atoms with Gasteiger partial charge in [-0.1, -0.05) is 18.5 Å². The van der Waals surface area contributed by atoms with Crippen LogP contribution in [0.3, 0.4) is 0 Å². The fourth-order valence-corrected chi connectivity index (χ4v) is 2.79. The van der Waals surface area contributed by atoms with Gasteiger partial charge in [-0.15, -0.1) is 0 Å². The highest BCUT2D eigenvalue weighted by Crippen LogP contribution is 2.25. The predicted octanol–water partition coefficient (Wildman–Crippen LogP) is 4.92. The van der Waals surface area contributed by atoms with E-state index in [1.807, 2.05) is 6.07 Å².